The van der Waals surface area contributed by atoms with Gasteiger partial charge in [-0.15, -0.1) is 0 Å². The average molecular weight is 194 g/mol. The first-order valence-electron chi connectivity index (χ1n) is 5.27. The Bertz CT molecular complexity index is 301. The standard InChI is InChI=1S/C12H18O2/c1-7-9-5-10(14-4)8(11(7)13)6-12(9,2)3/h5,7-9H,6H2,1-4H3/t7-,8-,9-/m0/s1. The van der Waals surface area contributed by atoms with E-state index in [2.05, 4.69) is 19.9 Å². The maximum atomic E-state index is 11.9. The number of fused-ring (bicyclic) bond motifs is 2. The number of Topliss-reactive ketones (excluding diaryl/α,β-unsaturated/α-hetero) is 1. The molecule has 0 aromatic carbocycles. The lowest BCUT2D eigenvalue weighted by atomic mass is 9.56. The lowest BCUT2D eigenvalue weighted by molar-refractivity contribution is -0.136. The highest BCUT2D eigenvalue weighted by atomic mass is 16.5. The van der Waals surface area contributed by atoms with E-state index in [1.807, 2.05) is 6.92 Å². The second kappa shape index (κ2) is 2.85. The monoisotopic (exact) mass is 194 g/mol. The van der Waals surface area contributed by atoms with Crippen molar-refractivity contribution in [3.05, 3.63) is 11.8 Å². The zero-order valence-electron chi connectivity index (χ0n) is 9.33. The molecule has 3 aliphatic carbocycles. The molecule has 2 heteroatoms. The van der Waals surface area contributed by atoms with E-state index in [4.69, 9.17) is 4.74 Å². The summed E-state index contributed by atoms with van der Waals surface area (Å²) in [6, 6.07) is 0. The largest absolute Gasteiger partial charge is 0.501 e. The Kier molecular flexibility index (Phi) is 1.98. The van der Waals surface area contributed by atoms with Crippen LogP contribution in [0, 0.1) is 23.2 Å². The third-order valence-electron chi connectivity index (χ3n) is 3.89. The molecule has 0 unspecified atom stereocenters. The van der Waals surface area contributed by atoms with Crippen molar-refractivity contribution in [1.82, 2.24) is 0 Å². The van der Waals surface area contributed by atoms with Crippen molar-refractivity contribution in [3.63, 3.8) is 0 Å². The van der Waals surface area contributed by atoms with Gasteiger partial charge in [0, 0.05) is 5.92 Å². The van der Waals surface area contributed by atoms with E-state index in [1.54, 1.807) is 7.11 Å². The fourth-order valence-corrected chi connectivity index (χ4v) is 3.05. The predicted octanol–water partition coefficient (Wildman–Crippen LogP) is 2.40. The van der Waals surface area contributed by atoms with E-state index in [9.17, 15) is 4.79 Å². The van der Waals surface area contributed by atoms with E-state index in [1.165, 1.54) is 0 Å². The van der Waals surface area contributed by atoms with Gasteiger partial charge in [-0.25, -0.2) is 0 Å². The molecule has 3 atom stereocenters. The van der Waals surface area contributed by atoms with Crippen LogP contribution in [0.3, 0.4) is 0 Å². The van der Waals surface area contributed by atoms with Crippen LogP contribution in [0.4, 0.5) is 0 Å². The summed E-state index contributed by atoms with van der Waals surface area (Å²) in [7, 11) is 1.66. The van der Waals surface area contributed by atoms with Gasteiger partial charge in [0.2, 0.25) is 0 Å². The van der Waals surface area contributed by atoms with Crippen molar-refractivity contribution < 1.29 is 9.53 Å². The van der Waals surface area contributed by atoms with Gasteiger partial charge in [-0.1, -0.05) is 20.8 Å². The first kappa shape index (κ1) is 9.75. The van der Waals surface area contributed by atoms with Crippen LogP contribution in [-0.2, 0) is 9.53 Å². The van der Waals surface area contributed by atoms with Gasteiger partial charge in [0.05, 0.1) is 13.0 Å². The average Bonchev–Trinajstić information content (AvgIpc) is 2.12. The summed E-state index contributed by atoms with van der Waals surface area (Å²) in [5.41, 5.74) is 0.250. The van der Waals surface area contributed by atoms with E-state index < -0.39 is 0 Å². The van der Waals surface area contributed by atoms with E-state index in [0.29, 0.717) is 11.7 Å². The topological polar surface area (TPSA) is 26.3 Å². The molecule has 78 valence electrons. The van der Waals surface area contributed by atoms with Crippen LogP contribution in [0.25, 0.3) is 0 Å². The summed E-state index contributed by atoms with van der Waals surface area (Å²) >= 11 is 0. The molecule has 3 rings (SSSR count). The normalized spacial score (nSPS) is 39.6. The van der Waals surface area contributed by atoms with Gasteiger partial charge >= 0.3 is 0 Å². The van der Waals surface area contributed by atoms with Crippen molar-refractivity contribution in [3.8, 4) is 0 Å². The SMILES string of the molecule is COC1=C[C@H]2[C@H](C)C(=O)[C@H]1CC2(C)C. The lowest BCUT2D eigenvalue weighted by Gasteiger charge is -2.48. The van der Waals surface area contributed by atoms with Crippen molar-refractivity contribution in [1.29, 1.82) is 0 Å². The number of allylic oxidation sites excluding steroid dienone is 2. The number of hydrogen-bond acceptors (Lipinski definition) is 2. The fourth-order valence-electron chi connectivity index (χ4n) is 3.05. The van der Waals surface area contributed by atoms with E-state index >= 15 is 0 Å². The molecule has 0 aromatic heterocycles. The molecule has 0 radical (unpaired) electrons. The lowest BCUT2D eigenvalue weighted by Crippen LogP contribution is -2.48. The maximum absolute atomic E-state index is 11.9. The minimum Gasteiger partial charge on any atom is -0.501 e. The highest BCUT2D eigenvalue weighted by molar-refractivity contribution is 5.88. The molecule has 1 fully saturated rings. The molecule has 0 aliphatic heterocycles. The van der Waals surface area contributed by atoms with E-state index in [0.717, 1.165) is 12.2 Å². The van der Waals surface area contributed by atoms with Gasteiger partial charge in [0.15, 0.2) is 0 Å². The van der Waals surface area contributed by atoms with Crippen LogP contribution in [-0.4, -0.2) is 12.9 Å². The number of hydrogen-bond donors (Lipinski definition) is 0. The molecule has 14 heavy (non-hydrogen) atoms. The summed E-state index contributed by atoms with van der Waals surface area (Å²) in [6.45, 7) is 6.54. The summed E-state index contributed by atoms with van der Waals surface area (Å²) in [6.07, 6.45) is 3.11. The van der Waals surface area contributed by atoms with Crippen LogP contribution in [0.5, 0.6) is 0 Å². The van der Waals surface area contributed by atoms with E-state index in [-0.39, 0.29) is 17.3 Å². The third kappa shape index (κ3) is 1.13. The fraction of sp³-hybridized carbons (Fsp3) is 0.750. The summed E-state index contributed by atoms with van der Waals surface area (Å²) in [4.78, 5) is 11.9. The smallest absolute Gasteiger partial charge is 0.146 e. The number of ether oxygens (including phenoxy) is 1. The first-order chi connectivity index (χ1) is 6.47. The first-order valence-corrected chi connectivity index (χ1v) is 5.27. The highest BCUT2D eigenvalue weighted by Gasteiger charge is 2.50. The zero-order chi connectivity index (χ0) is 10.5. The Hall–Kier alpha value is -0.790. The molecule has 0 heterocycles. The summed E-state index contributed by atoms with van der Waals surface area (Å²) < 4.78 is 5.28. The van der Waals surface area contributed by atoms with Gasteiger partial charge in [-0.05, 0) is 23.8 Å². The Morgan fingerprint density at radius 3 is 2.71 bits per heavy atom. The quantitative estimate of drug-likeness (QED) is 0.640. The summed E-state index contributed by atoms with van der Waals surface area (Å²) in [5.74, 6) is 1.82. The highest BCUT2D eigenvalue weighted by Crippen LogP contribution is 2.52. The zero-order valence-corrected chi connectivity index (χ0v) is 9.33. The van der Waals surface area contributed by atoms with Crippen molar-refractivity contribution >= 4 is 5.78 Å². The molecule has 0 N–H and O–H groups in total. The second-order valence-corrected chi connectivity index (χ2v) is 5.24. The van der Waals surface area contributed by atoms with Crippen LogP contribution in [0.15, 0.2) is 11.8 Å². The molecule has 2 bridgehead atoms. The second-order valence-electron chi connectivity index (χ2n) is 5.24. The molecule has 3 aliphatic rings. The summed E-state index contributed by atoms with van der Waals surface area (Å²) in [5, 5.41) is 0. The molecule has 0 aromatic rings. The minimum absolute atomic E-state index is 0.0231. The third-order valence-corrected chi connectivity index (χ3v) is 3.89. The number of carbonyl (C=O) groups is 1. The molecule has 1 saturated carbocycles. The Balaban J connectivity index is 2.43. The Labute approximate surface area is 85.3 Å². The van der Waals surface area contributed by atoms with Gasteiger partial charge in [-0.3, -0.25) is 4.79 Å². The van der Waals surface area contributed by atoms with Gasteiger partial charge in [0.25, 0.3) is 0 Å². The minimum atomic E-state index is 0.0231. The number of methoxy groups -OCH3 is 1. The molecule has 0 saturated heterocycles. The molecule has 0 spiro atoms. The van der Waals surface area contributed by atoms with Gasteiger partial charge in [0.1, 0.15) is 11.5 Å². The number of ketones is 1. The van der Waals surface area contributed by atoms with Crippen LogP contribution < -0.4 is 0 Å². The Morgan fingerprint density at radius 2 is 2.14 bits per heavy atom. The number of rotatable bonds is 1. The van der Waals surface area contributed by atoms with Crippen LogP contribution in [0.2, 0.25) is 0 Å². The Morgan fingerprint density at radius 1 is 1.50 bits per heavy atom. The van der Waals surface area contributed by atoms with Crippen LogP contribution >= 0.6 is 0 Å². The number of carbonyl (C=O) groups excluding carboxylic acids is 1. The maximum Gasteiger partial charge on any atom is 0.146 e. The predicted molar refractivity (Wildman–Crippen MR) is 54.6 cm³/mol. The van der Waals surface area contributed by atoms with Gasteiger partial charge < -0.3 is 4.74 Å². The molecular formula is C12H18O2. The molecular weight excluding hydrogens is 176 g/mol. The van der Waals surface area contributed by atoms with Crippen LogP contribution in [0.1, 0.15) is 27.2 Å². The van der Waals surface area contributed by atoms with Crippen molar-refractivity contribution in [2.75, 3.05) is 7.11 Å². The van der Waals surface area contributed by atoms with Gasteiger partial charge in [-0.2, -0.15) is 0 Å². The molecule has 0 amide bonds. The van der Waals surface area contributed by atoms with Crippen molar-refractivity contribution in [2.45, 2.75) is 27.2 Å². The van der Waals surface area contributed by atoms with Crippen molar-refractivity contribution in [2.24, 2.45) is 23.2 Å². The molecule has 2 nitrogen and oxygen atoms in total.